The van der Waals surface area contributed by atoms with Crippen molar-refractivity contribution in [1.29, 1.82) is 0 Å². The monoisotopic (exact) mass is 387 g/mol. The van der Waals surface area contributed by atoms with Crippen molar-refractivity contribution in [2.24, 2.45) is 0 Å². The minimum atomic E-state index is -0.280. The van der Waals surface area contributed by atoms with Gasteiger partial charge in [0.1, 0.15) is 16.6 Å². The van der Waals surface area contributed by atoms with Crippen LogP contribution in [0.5, 0.6) is 0 Å². The summed E-state index contributed by atoms with van der Waals surface area (Å²) in [4.78, 5) is 12.5. The van der Waals surface area contributed by atoms with E-state index >= 15 is 0 Å². The number of anilines is 1. The van der Waals surface area contributed by atoms with Crippen LogP contribution in [0.2, 0.25) is 0 Å². The first kappa shape index (κ1) is 14.3. The predicted octanol–water partition coefficient (Wildman–Crippen LogP) is 4.76. The molecule has 4 aromatic rings. The van der Waals surface area contributed by atoms with Crippen molar-refractivity contribution in [2.75, 3.05) is 5.32 Å². The highest BCUT2D eigenvalue weighted by atomic mass is 79.9. The smallest absolute Gasteiger partial charge is 0.291 e. The first-order valence-corrected chi connectivity index (χ1v) is 8.36. The van der Waals surface area contributed by atoms with E-state index in [1.807, 2.05) is 31.2 Å². The molecule has 0 unspecified atom stereocenters. The van der Waals surface area contributed by atoms with Gasteiger partial charge in [0.2, 0.25) is 0 Å². The van der Waals surface area contributed by atoms with Crippen LogP contribution in [0.15, 0.2) is 45.3 Å². The fourth-order valence-electron chi connectivity index (χ4n) is 2.46. The lowest BCUT2D eigenvalue weighted by atomic mass is 10.1. The van der Waals surface area contributed by atoms with Crippen LogP contribution in [0, 0.1) is 6.92 Å². The zero-order chi connectivity index (χ0) is 16.0. The van der Waals surface area contributed by atoms with E-state index in [0.717, 1.165) is 38.2 Å². The summed E-state index contributed by atoms with van der Waals surface area (Å²) in [6, 6.07) is 11.1. The number of aromatic nitrogens is 2. The molecule has 0 spiro atoms. The minimum Gasteiger partial charge on any atom is -0.451 e. The Bertz CT molecular complexity index is 1050. The van der Waals surface area contributed by atoms with E-state index in [1.165, 1.54) is 0 Å². The number of hydrogen-bond donors (Lipinski definition) is 1. The van der Waals surface area contributed by atoms with E-state index in [4.69, 9.17) is 4.42 Å². The lowest BCUT2D eigenvalue weighted by Gasteiger charge is -2.03. The third-order valence-electron chi connectivity index (χ3n) is 3.62. The van der Waals surface area contributed by atoms with Crippen molar-refractivity contribution in [3.05, 3.63) is 52.2 Å². The number of nitrogens with zero attached hydrogens (tertiary/aromatic N) is 2. The number of benzene rings is 2. The summed E-state index contributed by atoms with van der Waals surface area (Å²) < 4.78 is 15.0. The van der Waals surface area contributed by atoms with Gasteiger partial charge in [-0.1, -0.05) is 15.9 Å². The molecule has 0 aliphatic heterocycles. The first-order valence-electron chi connectivity index (χ1n) is 6.84. The summed E-state index contributed by atoms with van der Waals surface area (Å²) >= 11 is 4.58. The van der Waals surface area contributed by atoms with Crippen LogP contribution in [0.3, 0.4) is 0 Å². The zero-order valence-corrected chi connectivity index (χ0v) is 14.4. The highest BCUT2D eigenvalue weighted by Crippen LogP contribution is 2.28. The second-order valence-corrected chi connectivity index (χ2v) is 6.56. The largest absolute Gasteiger partial charge is 0.451 e. The average molecular weight is 388 g/mol. The van der Waals surface area contributed by atoms with Crippen molar-refractivity contribution in [3.63, 3.8) is 0 Å². The molecule has 2 aromatic heterocycles. The van der Waals surface area contributed by atoms with E-state index in [-0.39, 0.29) is 5.91 Å². The van der Waals surface area contributed by atoms with E-state index in [9.17, 15) is 4.79 Å². The van der Waals surface area contributed by atoms with Gasteiger partial charge in [0.15, 0.2) is 5.76 Å². The van der Waals surface area contributed by atoms with Crippen LogP contribution in [-0.4, -0.2) is 14.7 Å². The summed E-state index contributed by atoms with van der Waals surface area (Å²) in [7, 11) is 0. The van der Waals surface area contributed by atoms with Gasteiger partial charge in [0.25, 0.3) is 5.91 Å². The maximum atomic E-state index is 12.5. The molecular weight excluding hydrogens is 378 g/mol. The summed E-state index contributed by atoms with van der Waals surface area (Å²) in [5.41, 5.74) is 3.75. The van der Waals surface area contributed by atoms with Crippen molar-refractivity contribution < 1.29 is 9.21 Å². The van der Waals surface area contributed by atoms with Gasteiger partial charge in [-0.2, -0.15) is 8.75 Å². The van der Waals surface area contributed by atoms with Crippen molar-refractivity contribution in [1.82, 2.24) is 8.75 Å². The molecule has 4 rings (SSSR count). The molecule has 0 radical (unpaired) electrons. The van der Waals surface area contributed by atoms with Gasteiger partial charge in [-0.25, -0.2) is 0 Å². The summed E-state index contributed by atoms with van der Waals surface area (Å²) in [6.07, 6.45) is 0. The molecular formula is C16H10BrN3O2S. The van der Waals surface area contributed by atoms with Gasteiger partial charge in [0, 0.05) is 21.1 Å². The number of rotatable bonds is 2. The molecule has 0 fully saturated rings. The number of carbonyl (C=O) groups excluding carboxylic acids is 1. The third kappa shape index (κ3) is 2.51. The number of hydrogen-bond acceptors (Lipinski definition) is 5. The molecule has 0 bridgehead atoms. The average Bonchev–Trinajstić information content (AvgIpc) is 3.12. The lowest BCUT2D eigenvalue weighted by Crippen LogP contribution is -2.12. The van der Waals surface area contributed by atoms with Crippen LogP contribution in [0.25, 0.3) is 22.0 Å². The highest BCUT2D eigenvalue weighted by molar-refractivity contribution is 9.10. The second kappa shape index (κ2) is 5.43. The predicted molar refractivity (Wildman–Crippen MR) is 94.0 cm³/mol. The Balaban J connectivity index is 1.69. The van der Waals surface area contributed by atoms with Gasteiger partial charge in [-0.15, -0.1) is 0 Å². The Morgan fingerprint density at radius 1 is 1.17 bits per heavy atom. The normalized spacial score (nSPS) is 11.2. The number of amides is 1. The van der Waals surface area contributed by atoms with Crippen LogP contribution >= 0.6 is 27.7 Å². The molecule has 0 aliphatic carbocycles. The minimum absolute atomic E-state index is 0.280. The molecule has 2 aromatic carbocycles. The molecule has 23 heavy (non-hydrogen) atoms. The number of fused-ring (bicyclic) bond motifs is 2. The van der Waals surface area contributed by atoms with Crippen molar-refractivity contribution >= 4 is 61.3 Å². The fourth-order valence-corrected chi connectivity index (χ4v) is 3.34. The SMILES string of the molecule is Cc1c(C(=O)Nc2ccc3nsnc3c2)oc2ccc(Br)cc12. The van der Waals surface area contributed by atoms with Gasteiger partial charge in [-0.05, 0) is 43.3 Å². The lowest BCUT2D eigenvalue weighted by molar-refractivity contribution is 0.0998. The molecule has 0 saturated carbocycles. The topological polar surface area (TPSA) is 68.0 Å². The number of carbonyl (C=O) groups is 1. The maximum absolute atomic E-state index is 12.5. The Kier molecular flexibility index (Phi) is 3.39. The zero-order valence-electron chi connectivity index (χ0n) is 12.0. The van der Waals surface area contributed by atoms with Crippen molar-refractivity contribution in [3.8, 4) is 0 Å². The van der Waals surface area contributed by atoms with Crippen LogP contribution in [-0.2, 0) is 0 Å². The number of nitrogens with one attached hydrogen (secondary N) is 1. The van der Waals surface area contributed by atoms with Crippen molar-refractivity contribution in [2.45, 2.75) is 6.92 Å². The van der Waals surface area contributed by atoms with Crippen LogP contribution in [0.1, 0.15) is 16.1 Å². The second-order valence-electron chi connectivity index (χ2n) is 5.12. The summed E-state index contributed by atoms with van der Waals surface area (Å²) in [5, 5.41) is 3.77. The van der Waals surface area contributed by atoms with E-state index < -0.39 is 0 Å². The Labute approximate surface area is 143 Å². The number of furan rings is 1. The number of aryl methyl sites for hydroxylation is 1. The molecule has 114 valence electrons. The molecule has 0 saturated heterocycles. The molecule has 0 atom stereocenters. The standard InChI is InChI=1S/C16H10BrN3O2S/c1-8-11-6-9(17)2-5-14(11)22-15(8)16(21)18-10-3-4-12-13(7-10)20-23-19-12/h2-7H,1H3,(H,18,21). The van der Waals surface area contributed by atoms with Crippen LogP contribution in [0.4, 0.5) is 5.69 Å². The quantitative estimate of drug-likeness (QED) is 0.538. The summed E-state index contributed by atoms with van der Waals surface area (Å²) in [6.45, 7) is 1.88. The maximum Gasteiger partial charge on any atom is 0.291 e. The van der Waals surface area contributed by atoms with E-state index in [0.29, 0.717) is 17.0 Å². The Morgan fingerprint density at radius 3 is 2.87 bits per heavy atom. The molecule has 2 heterocycles. The molecule has 5 nitrogen and oxygen atoms in total. The van der Waals surface area contributed by atoms with Gasteiger partial charge in [0.05, 0.1) is 11.7 Å². The Hall–Kier alpha value is -2.25. The fraction of sp³-hybridized carbons (Fsp3) is 0.0625. The molecule has 7 heteroatoms. The first-order chi connectivity index (χ1) is 11.1. The van der Waals surface area contributed by atoms with Gasteiger partial charge in [-0.3, -0.25) is 4.79 Å². The third-order valence-corrected chi connectivity index (χ3v) is 4.67. The van der Waals surface area contributed by atoms with Gasteiger partial charge >= 0.3 is 0 Å². The Morgan fingerprint density at radius 2 is 2.00 bits per heavy atom. The van der Waals surface area contributed by atoms with E-state index in [1.54, 1.807) is 12.1 Å². The molecule has 1 amide bonds. The highest BCUT2D eigenvalue weighted by Gasteiger charge is 2.18. The number of halogens is 1. The molecule has 1 N–H and O–H groups in total. The summed E-state index contributed by atoms with van der Waals surface area (Å²) in [5.74, 6) is 0.0342. The van der Waals surface area contributed by atoms with Crippen LogP contribution < -0.4 is 5.32 Å². The van der Waals surface area contributed by atoms with Gasteiger partial charge < -0.3 is 9.73 Å². The van der Waals surface area contributed by atoms with E-state index in [2.05, 4.69) is 30.0 Å². The molecule has 0 aliphatic rings.